The Balaban J connectivity index is 1.68. The van der Waals surface area contributed by atoms with Gasteiger partial charge in [0.1, 0.15) is 23.5 Å². The molecule has 2 aromatic carbocycles. The van der Waals surface area contributed by atoms with Gasteiger partial charge in [0.05, 0.1) is 19.8 Å². The van der Waals surface area contributed by atoms with E-state index in [-0.39, 0.29) is 6.61 Å². The van der Waals surface area contributed by atoms with E-state index in [1.54, 1.807) is 19.1 Å². The van der Waals surface area contributed by atoms with E-state index in [1.165, 1.54) is 0 Å². The normalized spacial score (nSPS) is 14.6. The molecule has 0 N–H and O–H groups in total. The molecule has 6 nitrogen and oxygen atoms in total. The molecule has 0 unspecified atom stereocenters. The Kier molecular flexibility index (Phi) is 5.09. The zero-order valence-corrected chi connectivity index (χ0v) is 15.0. The Morgan fingerprint density at radius 2 is 1.89 bits per heavy atom. The van der Waals surface area contributed by atoms with Crippen molar-refractivity contribution >= 4 is 16.9 Å². The Hall–Kier alpha value is -2.83. The van der Waals surface area contributed by atoms with Gasteiger partial charge in [0.2, 0.25) is 6.29 Å². The van der Waals surface area contributed by atoms with Crippen LogP contribution >= 0.6 is 0 Å². The molecule has 6 heteroatoms. The molecule has 1 aromatic heterocycles. The second-order valence-corrected chi connectivity index (χ2v) is 6.07. The summed E-state index contributed by atoms with van der Waals surface area (Å²) in [5.74, 6) is 0.504. The molecular weight excluding hydrogens is 348 g/mol. The lowest BCUT2D eigenvalue weighted by molar-refractivity contribution is -0.0588. The van der Waals surface area contributed by atoms with E-state index in [1.807, 2.05) is 36.4 Å². The minimum Gasteiger partial charge on any atom is -0.489 e. The smallest absolute Gasteiger partial charge is 0.342 e. The van der Waals surface area contributed by atoms with Crippen molar-refractivity contribution in [1.82, 2.24) is 0 Å². The molecule has 2 heterocycles. The number of esters is 1. The van der Waals surface area contributed by atoms with Crippen LogP contribution in [0.5, 0.6) is 5.75 Å². The second kappa shape index (κ2) is 7.82. The number of ether oxygens (including phenoxy) is 4. The summed E-state index contributed by atoms with van der Waals surface area (Å²) in [6.07, 6.45) is -0.703. The zero-order valence-electron chi connectivity index (χ0n) is 15.0. The van der Waals surface area contributed by atoms with E-state index < -0.39 is 12.3 Å². The Labute approximate surface area is 156 Å². The Bertz CT molecular complexity index is 924. The molecule has 0 amide bonds. The van der Waals surface area contributed by atoms with Crippen LogP contribution in [0.1, 0.15) is 34.9 Å². The lowest BCUT2D eigenvalue weighted by Crippen LogP contribution is -2.09. The summed E-state index contributed by atoms with van der Waals surface area (Å²) in [5.41, 5.74) is 1.94. The van der Waals surface area contributed by atoms with E-state index in [0.717, 1.165) is 5.56 Å². The molecule has 27 heavy (non-hydrogen) atoms. The van der Waals surface area contributed by atoms with Crippen LogP contribution in [0, 0.1) is 0 Å². The Morgan fingerprint density at radius 3 is 2.63 bits per heavy atom. The highest BCUT2D eigenvalue weighted by atomic mass is 16.7. The minimum atomic E-state index is -0.703. The molecule has 0 spiro atoms. The number of benzene rings is 2. The molecule has 4 rings (SSSR count). The van der Waals surface area contributed by atoms with Crippen molar-refractivity contribution in [2.24, 2.45) is 0 Å². The summed E-state index contributed by atoms with van der Waals surface area (Å²) in [4.78, 5) is 12.6. The van der Waals surface area contributed by atoms with Crippen molar-refractivity contribution in [1.29, 1.82) is 0 Å². The Morgan fingerprint density at radius 1 is 1.11 bits per heavy atom. The van der Waals surface area contributed by atoms with Crippen LogP contribution in [0.4, 0.5) is 0 Å². The van der Waals surface area contributed by atoms with Crippen molar-refractivity contribution < 1.29 is 28.2 Å². The molecule has 0 bridgehead atoms. The number of hydrogen-bond donors (Lipinski definition) is 0. The van der Waals surface area contributed by atoms with Gasteiger partial charge in [-0.25, -0.2) is 4.79 Å². The van der Waals surface area contributed by atoms with E-state index in [9.17, 15) is 4.79 Å². The lowest BCUT2D eigenvalue weighted by atomic mass is 10.1. The summed E-state index contributed by atoms with van der Waals surface area (Å²) < 4.78 is 28.0. The number of hydrogen-bond acceptors (Lipinski definition) is 6. The van der Waals surface area contributed by atoms with Crippen molar-refractivity contribution in [2.75, 3.05) is 19.8 Å². The molecule has 0 aliphatic carbocycles. The molecule has 1 saturated heterocycles. The summed E-state index contributed by atoms with van der Waals surface area (Å²) in [5, 5.41) is 0.619. The van der Waals surface area contributed by atoms with Gasteiger partial charge in [-0.2, -0.15) is 0 Å². The highest BCUT2D eigenvalue weighted by molar-refractivity contribution is 6.05. The van der Waals surface area contributed by atoms with E-state index >= 15 is 0 Å². The average Bonchev–Trinajstić information content (AvgIpc) is 3.34. The van der Waals surface area contributed by atoms with E-state index in [4.69, 9.17) is 23.4 Å². The fraction of sp³-hybridized carbons (Fsp3) is 0.286. The molecule has 1 aliphatic rings. The number of carbonyl (C=O) groups is 1. The van der Waals surface area contributed by atoms with Crippen molar-refractivity contribution in [3.8, 4) is 5.75 Å². The number of rotatable bonds is 6. The van der Waals surface area contributed by atoms with Crippen molar-refractivity contribution in [2.45, 2.75) is 19.8 Å². The van der Waals surface area contributed by atoms with Crippen LogP contribution in [0.3, 0.4) is 0 Å². The maximum Gasteiger partial charge on any atom is 0.342 e. The second-order valence-electron chi connectivity index (χ2n) is 6.07. The van der Waals surface area contributed by atoms with E-state index in [0.29, 0.717) is 47.9 Å². The SMILES string of the molecule is CCOC(=O)c1c(C2OCCO2)oc2ccc(OCc3ccccc3)cc12. The van der Waals surface area contributed by atoms with Crippen molar-refractivity contribution in [3.05, 3.63) is 65.4 Å². The largest absolute Gasteiger partial charge is 0.489 e. The van der Waals surface area contributed by atoms with Crippen molar-refractivity contribution in [3.63, 3.8) is 0 Å². The monoisotopic (exact) mass is 368 g/mol. The molecule has 140 valence electrons. The maximum absolute atomic E-state index is 12.6. The standard InChI is InChI=1S/C21H20O6/c1-2-23-20(22)18-16-12-15(26-13-14-6-4-3-5-7-14)8-9-17(16)27-19(18)21-24-10-11-25-21/h3-9,12,21H,2,10-11,13H2,1H3. The first-order chi connectivity index (χ1) is 13.3. The first-order valence-electron chi connectivity index (χ1n) is 8.89. The van der Waals surface area contributed by atoms with E-state index in [2.05, 4.69) is 0 Å². The van der Waals surface area contributed by atoms with Crippen LogP contribution in [0.25, 0.3) is 11.0 Å². The summed E-state index contributed by atoms with van der Waals surface area (Å²) in [7, 11) is 0. The van der Waals surface area contributed by atoms with Crippen LogP contribution < -0.4 is 4.74 Å². The molecule has 1 aliphatic heterocycles. The molecule has 3 aromatic rings. The van der Waals surface area contributed by atoms with Crippen LogP contribution in [-0.2, 0) is 20.8 Å². The quantitative estimate of drug-likeness (QED) is 0.607. The van der Waals surface area contributed by atoms with Gasteiger partial charge in [-0.15, -0.1) is 0 Å². The van der Waals surface area contributed by atoms with Gasteiger partial charge < -0.3 is 23.4 Å². The first-order valence-corrected chi connectivity index (χ1v) is 8.89. The summed E-state index contributed by atoms with van der Waals surface area (Å²) >= 11 is 0. The number of fused-ring (bicyclic) bond motifs is 1. The lowest BCUT2D eigenvalue weighted by Gasteiger charge is -2.08. The molecule has 0 radical (unpaired) electrons. The van der Waals surface area contributed by atoms with Gasteiger partial charge in [0, 0.05) is 5.39 Å². The number of furan rings is 1. The average molecular weight is 368 g/mol. The molecule has 0 saturated carbocycles. The highest BCUT2D eigenvalue weighted by Crippen LogP contribution is 2.36. The summed E-state index contributed by atoms with van der Waals surface area (Å²) in [6.45, 7) is 3.36. The fourth-order valence-electron chi connectivity index (χ4n) is 3.02. The minimum absolute atomic E-state index is 0.265. The van der Waals surface area contributed by atoms with Crippen LogP contribution in [-0.4, -0.2) is 25.8 Å². The van der Waals surface area contributed by atoms with Gasteiger partial charge in [0.15, 0.2) is 5.76 Å². The molecule has 0 atom stereocenters. The van der Waals surface area contributed by atoms with Gasteiger partial charge >= 0.3 is 5.97 Å². The molecule has 1 fully saturated rings. The van der Waals surface area contributed by atoms with Gasteiger partial charge in [-0.1, -0.05) is 30.3 Å². The third kappa shape index (κ3) is 3.67. The predicted octanol–water partition coefficient (Wildman–Crippen LogP) is 4.23. The van der Waals surface area contributed by atoms with Gasteiger partial charge in [0.25, 0.3) is 0 Å². The highest BCUT2D eigenvalue weighted by Gasteiger charge is 2.31. The van der Waals surface area contributed by atoms with Gasteiger partial charge in [-0.3, -0.25) is 0 Å². The molecular formula is C21H20O6. The van der Waals surface area contributed by atoms with Gasteiger partial charge in [-0.05, 0) is 30.7 Å². The zero-order chi connectivity index (χ0) is 18.6. The fourth-order valence-corrected chi connectivity index (χ4v) is 3.02. The number of carbonyl (C=O) groups excluding carboxylic acids is 1. The third-order valence-corrected chi connectivity index (χ3v) is 4.25. The third-order valence-electron chi connectivity index (χ3n) is 4.25. The van der Waals surface area contributed by atoms with Crippen LogP contribution in [0.2, 0.25) is 0 Å². The summed E-state index contributed by atoms with van der Waals surface area (Å²) in [6, 6.07) is 15.2. The van der Waals surface area contributed by atoms with Crippen LogP contribution in [0.15, 0.2) is 52.9 Å². The first kappa shape index (κ1) is 17.6. The topological polar surface area (TPSA) is 67.1 Å². The maximum atomic E-state index is 12.6. The predicted molar refractivity (Wildman–Crippen MR) is 97.6 cm³/mol.